The second-order valence-corrected chi connectivity index (χ2v) is 7.30. The van der Waals surface area contributed by atoms with E-state index in [1.807, 2.05) is 18.2 Å². The van der Waals surface area contributed by atoms with Gasteiger partial charge in [-0.1, -0.05) is 17.3 Å². The van der Waals surface area contributed by atoms with Crippen molar-refractivity contribution in [3.63, 3.8) is 0 Å². The van der Waals surface area contributed by atoms with Crippen molar-refractivity contribution in [1.82, 2.24) is 15.5 Å². The smallest absolute Gasteiger partial charge is 0.319 e. The molecule has 0 saturated heterocycles. The molecule has 2 saturated carbocycles. The highest BCUT2D eigenvalue weighted by molar-refractivity contribution is 5.90. The van der Waals surface area contributed by atoms with E-state index in [4.69, 9.17) is 9.63 Å². The summed E-state index contributed by atoms with van der Waals surface area (Å²) in [4.78, 5) is 27.7. The van der Waals surface area contributed by atoms with Gasteiger partial charge < -0.3 is 20.3 Å². The standard InChI is InChI=1S/C19H22N4O4/c24-18(25)12-6-8-14(9-7-12)20-19(26)21-15-3-1-2-13(10-15)16-22-17(27-23-16)11-4-5-11/h1-3,10-12,14H,4-9H2,(H,24,25)(H2,20,21,26). The summed E-state index contributed by atoms with van der Waals surface area (Å²) < 4.78 is 5.29. The highest BCUT2D eigenvalue weighted by atomic mass is 16.5. The number of hydrogen-bond donors (Lipinski definition) is 3. The molecule has 2 amide bonds. The predicted octanol–water partition coefficient (Wildman–Crippen LogP) is 3.38. The maximum atomic E-state index is 12.3. The van der Waals surface area contributed by atoms with Crippen molar-refractivity contribution in [1.29, 1.82) is 0 Å². The van der Waals surface area contributed by atoms with Crippen LogP contribution >= 0.6 is 0 Å². The van der Waals surface area contributed by atoms with Gasteiger partial charge in [0.15, 0.2) is 0 Å². The van der Waals surface area contributed by atoms with E-state index in [2.05, 4.69) is 20.8 Å². The summed E-state index contributed by atoms with van der Waals surface area (Å²) in [5.74, 6) is 0.555. The summed E-state index contributed by atoms with van der Waals surface area (Å²) in [7, 11) is 0. The van der Waals surface area contributed by atoms with Gasteiger partial charge in [-0.25, -0.2) is 4.79 Å². The van der Waals surface area contributed by atoms with Gasteiger partial charge >= 0.3 is 12.0 Å². The summed E-state index contributed by atoms with van der Waals surface area (Å²) in [6.07, 6.45) is 4.73. The highest BCUT2D eigenvalue weighted by Crippen LogP contribution is 2.39. The second-order valence-electron chi connectivity index (χ2n) is 7.30. The molecule has 2 aliphatic rings. The Balaban J connectivity index is 1.33. The molecule has 0 atom stereocenters. The van der Waals surface area contributed by atoms with Crippen LogP contribution in [0.3, 0.4) is 0 Å². The van der Waals surface area contributed by atoms with Crippen LogP contribution in [0.5, 0.6) is 0 Å². The fraction of sp³-hybridized carbons (Fsp3) is 0.474. The first-order valence-corrected chi connectivity index (χ1v) is 9.33. The molecule has 0 radical (unpaired) electrons. The molecule has 2 aliphatic carbocycles. The Morgan fingerprint density at radius 3 is 2.59 bits per heavy atom. The average Bonchev–Trinajstić information content (AvgIpc) is 3.39. The molecule has 0 spiro atoms. The number of rotatable bonds is 5. The molecule has 4 rings (SSSR count). The number of carboxylic acid groups (broad SMARTS) is 1. The Bertz CT molecular complexity index is 838. The van der Waals surface area contributed by atoms with Gasteiger partial charge in [0.25, 0.3) is 0 Å². The van der Waals surface area contributed by atoms with Crippen LogP contribution in [0.2, 0.25) is 0 Å². The lowest BCUT2D eigenvalue weighted by atomic mass is 9.86. The Labute approximate surface area is 156 Å². The molecule has 8 heteroatoms. The van der Waals surface area contributed by atoms with E-state index in [0.29, 0.717) is 49.0 Å². The molecular weight excluding hydrogens is 348 g/mol. The summed E-state index contributed by atoms with van der Waals surface area (Å²) in [6.45, 7) is 0. The van der Waals surface area contributed by atoms with Gasteiger partial charge in [-0.3, -0.25) is 4.79 Å². The Hall–Kier alpha value is -2.90. The van der Waals surface area contributed by atoms with Crippen LogP contribution in [-0.2, 0) is 4.79 Å². The SMILES string of the molecule is O=C(Nc1cccc(-c2noc(C3CC3)n2)c1)NC1CCC(C(=O)O)CC1. The van der Waals surface area contributed by atoms with E-state index in [-0.39, 0.29) is 18.0 Å². The van der Waals surface area contributed by atoms with E-state index in [0.717, 1.165) is 18.4 Å². The van der Waals surface area contributed by atoms with Crippen molar-refractivity contribution in [2.24, 2.45) is 5.92 Å². The molecule has 2 aromatic rings. The van der Waals surface area contributed by atoms with Gasteiger partial charge in [0.1, 0.15) is 0 Å². The van der Waals surface area contributed by atoms with Crippen LogP contribution in [0.1, 0.15) is 50.3 Å². The monoisotopic (exact) mass is 370 g/mol. The number of benzene rings is 1. The number of carbonyl (C=O) groups excluding carboxylic acids is 1. The number of carbonyl (C=O) groups is 2. The van der Waals surface area contributed by atoms with Gasteiger partial charge in [0, 0.05) is 23.2 Å². The minimum Gasteiger partial charge on any atom is -0.481 e. The number of aliphatic carboxylic acids is 1. The van der Waals surface area contributed by atoms with Crippen LogP contribution in [-0.4, -0.2) is 33.3 Å². The number of aromatic nitrogens is 2. The third-order valence-electron chi connectivity index (χ3n) is 5.16. The summed E-state index contributed by atoms with van der Waals surface area (Å²) in [5, 5.41) is 18.8. The van der Waals surface area contributed by atoms with E-state index < -0.39 is 5.97 Å². The maximum absolute atomic E-state index is 12.3. The van der Waals surface area contributed by atoms with Crippen molar-refractivity contribution in [2.45, 2.75) is 50.5 Å². The number of anilines is 1. The number of urea groups is 1. The van der Waals surface area contributed by atoms with Crippen LogP contribution in [0.4, 0.5) is 10.5 Å². The molecule has 1 aromatic heterocycles. The van der Waals surface area contributed by atoms with Gasteiger partial charge in [0.2, 0.25) is 11.7 Å². The van der Waals surface area contributed by atoms with Crippen molar-refractivity contribution >= 4 is 17.7 Å². The quantitative estimate of drug-likeness (QED) is 0.743. The summed E-state index contributed by atoms with van der Waals surface area (Å²) >= 11 is 0. The third kappa shape index (κ3) is 4.27. The average molecular weight is 370 g/mol. The van der Waals surface area contributed by atoms with Crippen molar-refractivity contribution in [3.05, 3.63) is 30.2 Å². The molecule has 1 aromatic carbocycles. The topological polar surface area (TPSA) is 117 Å². The van der Waals surface area contributed by atoms with Gasteiger partial charge in [-0.05, 0) is 50.7 Å². The van der Waals surface area contributed by atoms with E-state index >= 15 is 0 Å². The summed E-state index contributed by atoms with van der Waals surface area (Å²) in [6, 6.07) is 7.02. The first kappa shape index (κ1) is 17.5. The molecule has 0 bridgehead atoms. The van der Waals surface area contributed by atoms with Gasteiger partial charge in [0.05, 0.1) is 5.92 Å². The number of carboxylic acids is 1. The van der Waals surface area contributed by atoms with Crippen LogP contribution in [0, 0.1) is 5.92 Å². The molecule has 0 aliphatic heterocycles. The summed E-state index contributed by atoms with van der Waals surface area (Å²) in [5.41, 5.74) is 1.42. The zero-order valence-electron chi connectivity index (χ0n) is 14.9. The Morgan fingerprint density at radius 2 is 1.89 bits per heavy atom. The lowest BCUT2D eigenvalue weighted by Crippen LogP contribution is -2.40. The molecule has 27 heavy (non-hydrogen) atoms. The minimum atomic E-state index is -0.749. The normalized spacial score (nSPS) is 22.2. The fourth-order valence-electron chi connectivity index (χ4n) is 3.42. The third-order valence-corrected chi connectivity index (χ3v) is 5.16. The van der Waals surface area contributed by atoms with Crippen molar-refractivity contribution in [3.8, 4) is 11.4 Å². The molecule has 1 heterocycles. The van der Waals surface area contributed by atoms with Crippen LogP contribution in [0.25, 0.3) is 11.4 Å². The van der Waals surface area contributed by atoms with Crippen molar-refractivity contribution in [2.75, 3.05) is 5.32 Å². The molecular formula is C19H22N4O4. The first-order chi connectivity index (χ1) is 13.1. The maximum Gasteiger partial charge on any atom is 0.319 e. The molecule has 8 nitrogen and oxygen atoms in total. The largest absolute Gasteiger partial charge is 0.481 e. The molecule has 142 valence electrons. The fourth-order valence-corrected chi connectivity index (χ4v) is 3.42. The van der Waals surface area contributed by atoms with E-state index in [9.17, 15) is 9.59 Å². The first-order valence-electron chi connectivity index (χ1n) is 9.33. The van der Waals surface area contributed by atoms with E-state index in [1.165, 1.54) is 0 Å². The number of hydrogen-bond acceptors (Lipinski definition) is 5. The lowest BCUT2D eigenvalue weighted by Gasteiger charge is -2.26. The minimum absolute atomic E-state index is 0.00193. The zero-order chi connectivity index (χ0) is 18.8. The lowest BCUT2D eigenvalue weighted by molar-refractivity contribution is -0.142. The predicted molar refractivity (Wildman–Crippen MR) is 97.2 cm³/mol. The second kappa shape index (κ2) is 7.38. The van der Waals surface area contributed by atoms with Gasteiger partial charge in [-0.15, -0.1) is 0 Å². The van der Waals surface area contributed by atoms with Crippen LogP contribution in [0.15, 0.2) is 28.8 Å². The zero-order valence-corrected chi connectivity index (χ0v) is 14.9. The number of nitrogens with zero attached hydrogens (tertiary/aromatic N) is 2. The van der Waals surface area contributed by atoms with Crippen LogP contribution < -0.4 is 10.6 Å². The van der Waals surface area contributed by atoms with E-state index in [1.54, 1.807) is 6.07 Å². The Kier molecular flexibility index (Phi) is 4.79. The number of amides is 2. The number of nitrogens with one attached hydrogen (secondary N) is 2. The molecule has 3 N–H and O–H groups in total. The highest BCUT2D eigenvalue weighted by Gasteiger charge is 2.30. The van der Waals surface area contributed by atoms with Gasteiger partial charge in [-0.2, -0.15) is 4.98 Å². The Morgan fingerprint density at radius 1 is 1.11 bits per heavy atom. The molecule has 0 unspecified atom stereocenters. The van der Waals surface area contributed by atoms with Crippen molar-refractivity contribution < 1.29 is 19.2 Å². The molecule has 2 fully saturated rings.